The van der Waals surface area contributed by atoms with Crippen molar-refractivity contribution in [2.45, 2.75) is 31.5 Å². The Labute approximate surface area is 180 Å². The van der Waals surface area contributed by atoms with Gasteiger partial charge in [0, 0.05) is 19.0 Å². The molecule has 0 unspecified atom stereocenters. The minimum absolute atomic E-state index is 0.104. The summed E-state index contributed by atoms with van der Waals surface area (Å²) in [5.41, 5.74) is 2.44. The van der Waals surface area contributed by atoms with Crippen LogP contribution in [0.15, 0.2) is 54.7 Å². The molecular formula is C23H18F3N5O. The Bertz CT molecular complexity index is 1370. The molecule has 0 radical (unpaired) electrons. The minimum Gasteiger partial charge on any atom is -0.308 e. The monoisotopic (exact) mass is 437 g/mol. The fraction of sp³-hybridized carbons (Fsp3) is 0.261. The average molecular weight is 437 g/mol. The third kappa shape index (κ3) is 2.91. The number of benzene rings is 2. The summed E-state index contributed by atoms with van der Waals surface area (Å²) in [6, 6.07) is 12.8. The third-order valence-electron chi connectivity index (χ3n) is 6.09. The zero-order chi connectivity index (χ0) is 22.0. The molecule has 1 aliphatic heterocycles. The molecule has 2 aromatic carbocycles. The first-order valence-corrected chi connectivity index (χ1v) is 10.4. The number of amides is 1. The topological polar surface area (TPSA) is 56.0 Å². The fourth-order valence-electron chi connectivity index (χ4n) is 4.42. The number of carbonyl (C=O) groups excluding carboxylic acids is 1. The van der Waals surface area contributed by atoms with E-state index in [1.807, 2.05) is 28.8 Å². The Morgan fingerprint density at radius 1 is 1.03 bits per heavy atom. The lowest BCUT2D eigenvalue weighted by Gasteiger charge is -2.15. The van der Waals surface area contributed by atoms with Crippen molar-refractivity contribution < 1.29 is 18.0 Å². The number of rotatable bonds is 3. The molecule has 32 heavy (non-hydrogen) atoms. The van der Waals surface area contributed by atoms with Crippen molar-refractivity contribution >= 4 is 22.9 Å². The van der Waals surface area contributed by atoms with E-state index >= 15 is 0 Å². The van der Waals surface area contributed by atoms with Gasteiger partial charge in [0.05, 0.1) is 39.7 Å². The summed E-state index contributed by atoms with van der Waals surface area (Å²) in [5.74, 6) is 0.469. The SMILES string of the molecule is O=C(c1cnn(-c2cccc(C(F)(F)F)c2)c1C1CC1)N1CCn2c1nc1ccccc12. The first-order valence-electron chi connectivity index (χ1n) is 10.4. The number of aromatic nitrogens is 4. The Kier molecular flexibility index (Phi) is 3.99. The van der Waals surface area contributed by atoms with Gasteiger partial charge in [-0.05, 0) is 43.2 Å². The van der Waals surface area contributed by atoms with Gasteiger partial charge in [0.2, 0.25) is 5.95 Å². The summed E-state index contributed by atoms with van der Waals surface area (Å²) in [6.45, 7) is 1.13. The lowest BCUT2D eigenvalue weighted by atomic mass is 10.1. The second-order valence-corrected chi connectivity index (χ2v) is 8.19. The van der Waals surface area contributed by atoms with Gasteiger partial charge in [0.25, 0.3) is 5.91 Å². The summed E-state index contributed by atoms with van der Waals surface area (Å²) in [4.78, 5) is 19.8. The normalized spacial score (nSPS) is 16.0. The highest BCUT2D eigenvalue weighted by Gasteiger charge is 2.37. The Morgan fingerprint density at radius 3 is 2.62 bits per heavy atom. The van der Waals surface area contributed by atoms with Gasteiger partial charge in [-0.1, -0.05) is 18.2 Å². The molecule has 1 aliphatic carbocycles. The first-order chi connectivity index (χ1) is 15.4. The lowest BCUT2D eigenvalue weighted by Crippen LogP contribution is -2.30. The molecule has 162 valence electrons. The van der Waals surface area contributed by atoms with Crippen LogP contribution in [0.25, 0.3) is 16.7 Å². The van der Waals surface area contributed by atoms with Crippen LogP contribution in [0.3, 0.4) is 0 Å². The first kappa shape index (κ1) is 19.1. The van der Waals surface area contributed by atoms with Crippen LogP contribution >= 0.6 is 0 Å². The Hall–Kier alpha value is -3.62. The standard InChI is InChI=1S/C23H18F3N5O/c24-23(25,26)15-4-3-5-16(12-15)31-20(14-8-9-14)17(13-27-31)21(32)30-11-10-29-19-7-2-1-6-18(19)28-22(29)30/h1-7,12-14H,8-11H2. The van der Waals surface area contributed by atoms with E-state index in [0.29, 0.717) is 36.0 Å². The molecule has 0 bridgehead atoms. The van der Waals surface area contributed by atoms with Crippen LogP contribution < -0.4 is 4.90 Å². The highest BCUT2D eigenvalue weighted by Crippen LogP contribution is 2.43. The van der Waals surface area contributed by atoms with Crippen LogP contribution in [0, 0.1) is 0 Å². The molecule has 6 rings (SSSR count). The number of halogens is 3. The van der Waals surface area contributed by atoms with Gasteiger partial charge >= 0.3 is 6.18 Å². The molecule has 0 spiro atoms. The zero-order valence-corrected chi connectivity index (χ0v) is 16.9. The predicted octanol–water partition coefficient (Wildman–Crippen LogP) is 4.78. The van der Waals surface area contributed by atoms with Crippen LogP contribution in [-0.2, 0) is 12.7 Å². The molecule has 1 amide bonds. The van der Waals surface area contributed by atoms with Crippen molar-refractivity contribution in [1.82, 2.24) is 19.3 Å². The Balaban J connectivity index is 1.41. The molecule has 0 atom stereocenters. The van der Waals surface area contributed by atoms with E-state index in [0.717, 1.165) is 36.0 Å². The second kappa shape index (κ2) is 6.69. The zero-order valence-electron chi connectivity index (χ0n) is 16.9. The molecule has 3 heterocycles. The fourth-order valence-corrected chi connectivity index (χ4v) is 4.42. The van der Waals surface area contributed by atoms with E-state index in [1.165, 1.54) is 16.9 Å². The summed E-state index contributed by atoms with van der Waals surface area (Å²) >= 11 is 0. The lowest BCUT2D eigenvalue weighted by molar-refractivity contribution is -0.137. The van der Waals surface area contributed by atoms with E-state index in [9.17, 15) is 18.0 Å². The number of para-hydroxylation sites is 2. The molecule has 9 heteroatoms. The molecule has 0 saturated heterocycles. The second-order valence-electron chi connectivity index (χ2n) is 8.19. The van der Waals surface area contributed by atoms with E-state index in [4.69, 9.17) is 0 Å². The number of hydrogen-bond donors (Lipinski definition) is 0. The van der Waals surface area contributed by atoms with Gasteiger partial charge in [0.1, 0.15) is 0 Å². The summed E-state index contributed by atoms with van der Waals surface area (Å²) in [5, 5.41) is 4.34. The van der Waals surface area contributed by atoms with Crippen molar-refractivity contribution in [1.29, 1.82) is 0 Å². The van der Waals surface area contributed by atoms with Crippen molar-refractivity contribution in [2.75, 3.05) is 11.4 Å². The minimum atomic E-state index is -4.45. The number of hydrogen-bond acceptors (Lipinski definition) is 3. The molecule has 1 fully saturated rings. The maximum Gasteiger partial charge on any atom is 0.416 e. The van der Waals surface area contributed by atoms with E-state index in [2.05, 4.69) is 10.1 Å². The van der Waals surface area contributed by atoms with Crippen LogP contribution in [0.5, 0.6) is 0 Å². The average Bonchev–Trinajstić information content (AvgIpc) is 3.23. The number of alkyl halides is 3. The maximum absolute atomic E-state index is 13.5. The molecular weight excluding hydrogens is 419 g/mol. The van der Waals surface area contributed by atoms with Crippen LogP contribution in [0.1, 0.15) is 40.4 Å². The maximum atomic E-state index is 13.5. The number of nitrogens with zero attached hydrogens (tertiary/aromatic N) is 5. The van der Waals surface area contributed by atoms with Gasteiger partial charge in [-0.3, -0.25) is 9.69 Å². The van der Waals surface area contributed by atoms with Crippen LogP contribution in [0.2, 0.25) is 0 Å². The van der Waals surface area contributed by atoms with Crippen molar-refractivity contribution in [2.24, 2.45) is 0 Å². The smallest absolute Gasteiger partial charge is 0.308 e. The van der Waals surface area contributed by atoms with Gasteiger partial charge in [0.15, 0.2) is 0 Å². The highest BCUT2D eigenvalue weighted by atomic mass is 19.4. The van der Waals surface area contributed by atoms with Crippen molar-refractivity contribution in [3.05, 3.63) is 71.5 Å². The molecule has 6 nitrogen and oxygen atoms in total. The van der Waals surface area contributed by atoms with E-state index in [-0.39, 0.29) is 11.8 Å². The van der Waals surface area contributed by atoms with E-state index in [1.54, 1.807) is 11.0 Å². The summed E-state index contributed by atoms with van der Waals surface area (Å²) in [6.07, 6.45) is -1.22. The highest BCUT2D eigenvalue weighted by molar-refractivity contribution is 6.07. The number of anilines is 1. The largest absolute Gasteiger partial charge is 0.416 e. The van der Waals surface area contributed by atoms with Crippen LogP contribution in [0.4, 0.5) is 19.1 Å². The molecule has 0 N–H and O–H groups in total. The number of fused-ring (bicyclic) bond motifs is 3. The van der Waals surface area contributed by atoms with Gasteiger partial charge in [-0.2, -0.15) is 18.3 Å². The van der Waals surface area contributed by atoms with Crippen molar-refractivity contribution in [3.8, 4) is 5.69 Å². The van der Waals surface area contributed by atoms with Gasteiger partial charge in [-0.15, -0.1) is 0 Å². The summed E-state index contributed by atoms with van der Waals surface area (Å²) < 4.78 is 43.2. The predicted molar refractivity (Wildman–Crippen MR) is 112 cm³/mol. The molecule has 2 aromatic heterocycles. The number of carbonyl (C=O) groups is 1. The number of imidazole rings is 1. The molecule has 2 aliphatic rings. The molecule has 1 saturated carbocycles. The quantitative estimate of drug-likeness (QED) is 0.464. The third-order valence-corrected chi connectivity index (χ3v) is 6.09. The van der Waals surface area contributed by atoms with Crippen LogP contribution in [-0.4, -0.2) is 31.8 Å². The molecule has 4 aromatic rings. The Morgan fingerprint density at radius 2 is 1.84 bits per heavy atom. The van der Waals surface area contributed by atoms with E-state index < -0.39 is 11.7 Å². The van der Waals surface area contributed by atoms with Gasteiger partial charge < -0.3 is 4.57 Å². The van der Waals surface area contributed by atoms with Gasteiger partial charge in [-0.25, -0.2) is 9.67 Å². The summed E-state index contributed by atoms with van der Waals surface area (Å²) in [7, 11) is 0. The van der Waals surface area contributed by atoms with Crippen molar-refractivity contribution in [3.63, 3.8) is 0 Å².